The van der Waals surface area contributed by atoms with Crippen molar-refractivity contribution >= 4 is 17.6 Å². The molecule has 2 rings (SSSR count). The second-order valence-electron chi connectivity index (χ2n) is 4.06. The lowest BCUT2D eigenvalue weighted by Crippen LogP contribution is -2.08. The van der Waals surface area contributed by atoms with Gasteiger partial charge in [-0.2, -0.15) is 0 Å². The van der Waals surface area contributed by atoms with E-state index in [2.05, 4.69) is 4.98 Å². The van der Waals surface area contributed by atoms with Gasteiger partial charge in [-0.05, 0) is 12.1 Å². The van der Waals surface area contributed by atoms with Crippen LogP contribution in [-0.2, 0) is 17.8 Å². The van der Waals surface area contributed by atoms with Gasteiger partial charge in [0, 0.05) is 35.9 Å². The van der Waals surface area contributed by atoms with Gasteiger partial charge in [0.05, 0.1) is 6.42 Å². The third kappa shape index (κ3) is 3.32. The maximum absolute atomic E-state index is 13.7. The zero-order valence-electron chi connectivity index (χ0n) is 10.0. The number of carbonyl (C=O) groups is 1. The summed E-state index contributed by atoms with van der Waals surface area (Å²) in [5.41, 5.74) is 0.368. The third-order valence-electron chi connectivity index (χ3n) is 2.76. The van der Waals surface area contributed by atoms with E-state index in [0.29, 0.717) is 23.0 Å². The number of aliphatic carboxylic acids is 1. The Labute approximate surface area is 114 Å². The average molecular weight is 283 g/mol. The fraction of sp³-hybridized carbons (Fsp3) is 0.231. The highest BCUT2D eigenvalue weighted by Gasteiger charge is 2.12. The Kier molecular flexibility index (Phi) is 4.16. The van der Waals surface area contributed by atoms with Gasteiger partial charge in [-0.1, -0.05) is 17.7 Å². The van der Waals surface area contributed by atoms with Crippen LogP contribution in [0.3, 0.4) is 0 Å². The van der Waals surface area contributed by atoms with E-state index in [4.69, 9.17) is 16.7 Å². The molecule has 100 valence electrons. The molecule has 1 aromatic carbocycles. The number of imidazole rings is 1. The minimum Gasteiger partial charge on any atom is -0.481 e. The molecule has 0 bridgehead atoms. The van der Waals surface area contributed by atoms with Gasteiger partial charge in [-0.15, -0.1) is 0 Å². The van der Waals surface area contributed by atoms with Crippen LogP contribution in [0.1, 0.15) is 17.8 Å². The molecule has 0 atom stereocenters. The van der Waals surface area contributed by atoms with E-state index >= 15 is 0 Å². The smallest absolute Gasteiger partial charge is 0.305 e. The van der Waals surface area contributed by atoms with Crippen molar-refractivity contribution in [2.75, 3.05) is 0 Å². The first kappa shape index (κ1) is 13.5. The van der Waals surface area contributed by atoms with Crippen LogP contribution < -0.4 is 0 Å². The molecule has 19 heavy (non-hydrogen) atoms. The molecular formula is C13H12ClFN2O2. The molecule has 0 saturated carbocycles. The molecule has 1 N–H and O–H groups in total. The fourth-order valence-electron chi connectivity index (χ4n) is 1.79. The van der Waals surface area contributed by atoms with Gasteiger partial charge in [-0.3, -0.25) is 4.79 Å². The van der Waals surface area contributed by atoms with Crippen molar-refractivity contribution < 1.29 is 14.3 Å². The molecule has 1 heterocycles. The highest BCUT2D eigenvalue weighted by atomic mass is 35.5. The maximum Gasteiger partial charge on any atom is 0.305 e. The molecule has 0 amide bonds. The number of hydrogen-bond acceptors (Lipinski definition) is 2. The predicted octanol–water partition coefficient (Wildman–Crippen LogP) is 2.74. The normalized spacial score (nSPS) is 10.6. The highest BCUT2D eigenvalue weighted by molar-refractivity contribution is 6.31. The lowest BCUT2D eigenvalue weighted by molar-refractivity contribution is -0.137. The van der Waals surface area contributed by atoms with Gasteiger partial charge in [0.15, 0.2) is 0 Å². The van der Waals surface area contributed by atoms with Gasteiger partial charge in [0.1, 0.15) is 11.6 Å². The summed E-state index contributed by atoms with van der Waals surface area (Å²) in [5.74, 6) is -0.683. The lowest BCUT2D eigenvalue weighted by Gasteiger charge is -2.08. The number of halogens is 2. The van der Waals surface area contributed by atoms with Crippen molar-refractivity contribution in [3.63, 3.8) is 0 Å². The lowest BCUT2D eigenvalue weighted by atomic mass is 10.1. The second-order valence-corrected chi connectivity index (χ2v) is 4.46. The Hall–Kier alpha value is -1.88. The molecule has 0 saturated heterocycles. The van der Waals surface area contributed by atoms with Crippen LogP contribution in [-0.4, -0.2) is 20.6 Å². The first-order chi connectivity index (χ1) is 9.08. The van der Waals surface area contributed by atoms with E-state index in [1.165, 1.54) is 12.1 Å². The van der Waals surface area contributed by atoms with Crippen molar-refractivity contribution in [1.29, 1.82) is 0 Å². The maximum atomic E-state index is 13.7. The van der Waals surface area contributed by atoms with Crippen molar-refractivity contribution in [3.8, 4) is 0 Å². The van der Waals surface area contributed by atoms with E-state index in [-0.39, 0.29) is 18.7 Å². The summed E-state index contributed by atoms with van der Waals surface area (Å²) in [5, 5.41) is 9.01. The Bertz CT molecular complexity index is 578. The molecule has 0 unspecified atom stereocenters. The SMILES string of the molecule is O=C(O)CCn1ccnc1Cc1c(F)cccc1Cl. The molecule has 0 aliphatic carbocycles. The summed E-state index contributed by atoms with van der Waals surface area (Å²) in [4.78, 5) is 14.7. The number of benzene rings is 1. The molecule has 0 radical (unpaired) electrons. The molecule has 4 nitrogen and oxygen atoms in total. The van der Waals surface area contributed by atoms with Crippen LogP contribution in [0.15, 0.2) is 30.6 Å². The summed E-state index contributed by atoms with van der Waals surface area (Å²) in [6.07, 6.45) is 3.46. The zero-order valence-corrected chi connectivity index (χ0v) is 10.8. The monoisotopic (exact) mass is 282 g/mol. The number of carboxylic acids is 1. The third-order valence-corrected chi connectivity index (χ3v) is 3.12. The van der Waals surface area contributed by atoms with E-state index in [0.717, 1.165) is 0 Å². The molecule has 0 aliphatic heterocycles. The van der Waals surface area contributed by atoms with Crippen molar-refractivity contribution in [1.82, 2.24) is 9.55 Å². The van der Waals surface area contributed by atoms with Crippen molar-refractivity contribution in [2.45, 2.75) is 19.4 Å². The standard InChI is InChI=1S/C13H12ClFN2O2/c14-10-2-1-3-11(15)9(10)8-12-16-5-7-17(12)6-4-13(18)19/h1-3,5,7H,4,6,8H2,(H,18,19). The molecule has 0 fully saturated rings. The van der Waals surface area contributed by atoms with Crippen LogP contribution in [0.5, 0.6) is 0 Å². The van der Waals surface area contributed by atoms with Gasteiger partial charge in [0.25, 0.3) is 0 Å². The van der Waals surface area contributed by atoms with Crippen molar-refractivity contribution in [2.24, 2.45) is 0 Å². The first-order valence-corrected chi connectivity index (χ1v) is 6.10. The first-order valence-electron chi connectivity index (χ1n) is 5.72. The molecule has 2 aromatic rings. The van der Waals surface area contributed by atoms with Gasteiger partial charge in [0.2, 0.25) is 0 Å². The van der Waals surface area contributed by atoms with Gasteiger partial charge < -0.3 is 9.67 Å². The molecule has 0 spiro atoms. The number of rotatable bonds is 5. The number of nitrogens with zero attached hydrogens (tertiary/aromatic N) is 2. The largest absolute Gasteiger partial charge is 0.481 e. The van der Waals surface area contributed by atoms with Crippen molar-refractivity contribution in [3.05, 3.63) is 52.8 Å². The average Bonchev–Trinajstić information content (AvgIpc) is 2.79. The van der Waals surface area contributed by atoms with E-state index < -0.39 is 5.97 Å². The minimum absolute atomic E-state index is 0.00559. The van der Waals surface area contributed by atoms with E-state index in [9.17, 15) is 9.18 Å². The fourth-order valence-corrected chi connectivity index (χ4v) is 2.02. The zero-order chi connectivity index (χ0) is 13.8. The number of aryl methyl sites for hydroxylation is 1. The number of aromatic nitrogens is 2. The van der Waals surface area contributed by atoms with Gasteiger partial charge >= 0.3 is 5.97 Å². The summed E-state index contributed by atoms with van der Waals surface area (Å²) >= 11 is 5.96. The Morgan fingerprint density at radius 1 is 1.47 bits per heavy atom. The Balaban J connectivity index is 2.20. The van der Waals surface area contributed by atoms with Gasteiger partial charge in [-0.25, -0.2) is 9.37 Å². The second kappa shape index (κ2) is 5.84. The van der Waals surface area contributed by atoms with E-state index in [1.54, 1.807) is 23.0 Å². The van der Waals surface area contributed by atoms with E-state index in [1.807, 2.05) is 0 Å². The summed E-state index contributed by atoms with van der Waals surface area (Å²) < 4.78 is 15.4. The number of carboxylic acid groups (broad SMARTS) is 1. The number of hydrogen-bond donors (Lipinski definition) is 1. The van der Waals surface area contributed by atoms with Crippen LogP contribution in [0, 0.1) is 5.82 Å². The van der Waals surface area contributed by atoms with Crippen LogP contribution >= 0.6 is 11.6 Å². The Morgan fingerprint density at radius 2 is 2.26 bits per heavy atom. The predicted molar refractivity (Wildman–Crippen MR) is 68.7 cm³/mol. The van der Waals surface area contributed by atoms with Crippen LogP contribution in [0.25, 0.3) is 0 Å². The highest BCUT2D eigenvalue weighted by Crippen LogP contribution is 2.21. The quantitative estimate of drug-likeness (QED) is 0.917. The molecule has 1 aromatic heterocycles. The minimum atomic E-state index is -0.886. The topological polar surface area (TPSA) is 55.1 Å². The molecule has 0 aliphatic rings. The summed E-state index contributed by atoms with van der Waals surface area (Å²) in [6, 6.07) is 4.49. The molecular weight excluding hydrogens is 271 g/mol. The summed E-state index contributed by atoms with van der Waals surface area (Å²) in [7, 11) is 0. The molecule has 6 heteroatoms. The Morgan fingerprint density at radius 3 is 2.95 bits per heavy atom. The summed E-state index contributed by atoms with van der Waals surface area (Å²) in [6.45, 7) is 0.302. The van der Waals surface area contributed by atoms with Crippen LogP contribution in [0.2, 0.25) is 5.02 Å². The van der Waals surface area contributed by atoms with Crippen LogP contribution in [0.4, 0.5) is 4.39 Å².